The second kappa shape index (κ2) is 10.6. The van der Waals surface area contributed by atoms with Crippen LogP contribution in [0.25, 0.3) is 11.1 Å². The molecule has 2 aromatic carbocycles. The van der Waals surface area contributed by atoms with Gasteiger partial charge < -0.3 is 24.0 Å². The number of hydrogen-bond donors (Lipinski definition) is 2. The summed E-state index contributed by atoms with van der Waals surface area (Å²) in [6, 6.07) is 11.3. The summed E-state index contributed by atoms with van der Waals surface area (Å²) in [5.74, 6) is -2.93. The second-order valence-corrected chi connectivity index (χ2v) is 7.48. The number of alkyl halides is 3. The van der Waals surface area contributed by atoms with Crippen molar-refractivity contribution >= 4 is 34.7 Å². The molecule has 1 aliphatic heterocycles. The Hall–Kier alpha value is -3.84. The lowest BCUT2D eigenvalue weighted by atomic mass is 10.2. The summed E-state index contributed by atoms with van der Waals surface area (Å²) in [6.45, 7) is 4.52. The maximum atomic E-state index is 12.2. The largest absolute Gasteiger partial charge is 0.493 e. The average Bonchev–Trinajstić information content (AvgIpc) is 3.24. The maximum absolute atomic E-state index is 12.2. The zero-order chi connectivity index (χ0) is 24.8. The highest BCUT2D eigenvalue weighted by Crippen LogP contribution is 2.25. The van der Waals surface area contributed by atoms with E-state index in [-0.39, 0.29) is 17.1 Å². The number of fused-ring (bicyclic) bond motifs is 1. The molecule has 35 heavy (non-hydrogen) atoms. The highest BCUT2D eigenvalue weighted by Gasteiger charge is 2.42. The molecular weight excluding hydrogens is 473 g/mol. The molecule has 0 unspecified atom stereocenters. The van der Waals surface area contributed by atoms with Crippen molar-refractivity contribution in [2.75, 3.05) is 44.8 Å². The Bertz CT molecular complexity index is 1190. The molecule has 1 fully saturated rings. The summed E-state index contributed by atoms with van der Waals surface area (Å²) in [6.07, 6.45) is -5.23. The number of hydrogen-bond acceptors (Lipinski definition) is 9. The number of hydroxylamine groups is 1. The molecule has 1 aliphatic rings. The SMILES string of the molecule is O=C(NOC(=O)C(F)(F)F)c1ccc2oc(Nc3cccc(OCCN4CCOCC4)c3)nc2c1. The van der Waals surface area contributed by atoms with Crippen molar-refractivity contribution in [2.45, 2.75) is 6.18 Å². The predicted molar refractivity (Wildman–Crippen MR) is 116 cm³/mol. The van der Waals surface area contributed by atoms with Gasteiger partial charge in [-0.1, -0.05) is 6.07 Å². The summed E-state index contributed by atoms with van der Waals surface area (Å²) in [5, 5.41) is 3.00. The van der Waals surface area contributed by atoms with E-state index in [9.17, 15) is 22.8 Å². The summed E-state index contributed by atoms with van der Waals surface area (Å²) >= 11 is 0. The lowest BCUT2D eigenvalue weighted by Crippen LogP contribution is -2.38. The summed E-state index contributed by atoms with van der Waals surface area (Å²) in [4.78, 5) is 33.0. The number of amides is 1. The highest BCUT2D eigenvalue weighted by molar-refractivity contribution is 5.97. The third-order valence-corrected chi connectivity index (χ3v) is 4.98. The van der Waals surface area contributed by atoms with Crippen molar-refractivity contribution in [3.8, 4) is 5.75 Å². The van der Waals surface area contributed by atoms with Gasteiger partial charge in [0.05, 0.1) is 13.2 Å². The lowest BCUT2D eigenvalue weighted by Gasteiger charge is -2.26. The molecule has 3 aromatic rings. The Morgan fingerprint density at radius 1 is 1.11 bits per heavy atom. The Labute approximate surface area is 196 Å². The number of nitrogens with one attached hydrogen (secondary N) is 2. The fourth-order valence-electron chi connectivity index (χ4n) is 3.24. The van der Waals surface area contributed by atoms with Crippen molar-refractivity contribution in [2.24, 2.45) is 0 Å². The van der Waals surface area contributed by atoms with Crippen LogP contribution >= 0.6 is 0 Å². The molecule has 0 radical (unpaired) electrons. The van der Waals surface area contributed by atoms with Crippen LogP contribution in [0.5, 0.6) is 5.75 Å². The van der Waals surface area contributed by atoms with Gasteiger partial charge in [0.15, 0.2) is 5.58 Å². The van der Waals surface area contributed by atoms with E-state index < -0.39 is 18.1 Å². The first-order chi connectivity index (χ1) is 16.8. The number of benzene rings is 2. The van der Waals surface area contributed by atoms with E-state index in [4.69, 9.17) is 13.9 Å². The number of rotatable bonds is 7. The van der Waals surface area contributed by atoms with Crippen molar-refractivity contribution in [3.05, 3.63) is 48.0 Å². The van der Waals surface area contributed by atoms with Gasteiger partial charge in [0, 0.05) is 37.0 Å². The van der Waals surface area contributed by atoms with Gasteiger partial charge >= 0.3 is 12.1 Å². The van der Waals surface area contributed by atoms with Crippen LogP contribution in [-0.4, -0.2) is 67.4 Å². The number of carbonyl (C=O) groups excluding carboxylic acids is 2. The zero-order valence-corrected chi connectivity index (χ0v) is 18.3. The van der Waals surface area contributed by atoms with E-state index in [1.807, 2.05) is 6.07 Å². The predicted octanol–water partition coefficient (Wildman–Crippen LogP) is 3.03. The van der Waals surface area contributed by atoms with E-state index in [0.29, 0.717) is 23.6 Å². The molecule has 10 nitrogen and oxygen atoms in total. The van der Waals surface area contributed by atoms with E-state index in [1.165, 1.54) is 23.7 Å². The molecule has 1 saturated heterocycles. The quantitative estimate of drug-likeness (QED) is 0.478. The minimum atomic E-state index is -5.23. The standard InChI is InChI=1S/C22H21F3N4O6/c23-22(24,25)20(31)35-28-19(30)14-4-5-18-17(12-14)27-21(34-18)26-15-2-1-3-16(13-15)33-11-8-29-6-9-32-10-7-29/h1-5,12-13H,6-11H2,(H,26,27)(H,28,30). The van der Waals surface area contributed by atoms with Crippen molar-refractivity contribution < 1.29 is 41.5 Å². The van der Waals surface area contributed by atoms with E-state index in [2.05, 4.69) is 20.0 Å². The van der Waals surface area contributed by atoms with Crippen LogP contribution < -0.4 is 15.5 Å². The average molecular weight is 494 g/mol. The first kappa shape index (κ1) is 24.3. The number of carbonyl (C=O) groups is 2. The van der Waals surface area contributed by atoms with Crippen LogP contribution in [0.15, 0.2) is 46.9 Å². The summed E-state index contributed by atoms with van der Waals surface area (Å²) in [7, 11) is 0. The number of aromatic nitrogens is 1. The molecule has 0 bridgehead atoms. The van der Waals surface area contributed by atoms with E-state index >= 15 is 0 Å². The van der Waals surface area contributed by atoms with Gasteiger partial charge in [-0.2, -0.15) is 23.6 Å². The molecule has 2 heterocycles. The number of anilines is 2. The number of nitrogens with zero attached hydrogens (tertiary/aromatic N) is 2. The summed E-state index contributed by atoms with van der Waals surface area (Å²) < 4.78 is 53.3. The Kier molecular flexibility index (Phi) is 7.36. The zero-order valence-electron chi connectivity index (χ0n) is 18.3. The minimum absolute atomic E-state index is 0.0806. The van der Waals surface area contributed by atoms with Gasteiger partial charge in [-0.25, -0.2) is 4.79 Å². The van der Waals surface area contributed by atoms with Gasteiger partial charge in [-0.05, 0) is 30.3 Å². The molecule has 0 atom stereocenters. The van der Waals surface area contributed by atoms with Crippen molar-refractivity contribution in [3.63, 3.8) is 0 Å². The molecule has 2 N–H and O–H groups in total. The second-order valence-electron chi connectivity index (χ2n) is 7.48. The molecule has 0 saturated carbocycles. The smallest absolute Gasteiger partial charge is 0.492 e. The van der Waals surface area contributed by atoms with Crippen molar-refractivity contribution in [1.29, 1.82) is 0 Å². The molecule has 1 aromatic heterocycles. The van der Waals surface area contributed by atoms with E-state index in [1.54, 1.807) is 18.2 Å². The molecule has 0 aliphatic carbocycles. The normalized spacial score (nSPS) is 14.5. The Balaban J connectivity index is 1.35. The topological polar surface area (TPSA) is 115 Å². The van der Waals surface area contributed by atoms with Crippen LogP contribution in [0.1, 0.15) is 10.4 Å². The maximum Gasteiger partial charge on any atom is 0.493 e. The third-order valence-electron chi connectivity index (χ3n) is 4.98. The first-order valence-corrected chi connectivity index (χ1v) is 10.6. The minimum Gasteiger partial charge on any atom is -0.492 e. The molecular formula is C22H21F3N4O6. The molecule has 4 rings (SSSR count). The molecule has 186 valence electrons. The molecule has 0 spiro atoms. The van der Waals surface area contributed by atoms with Gasteiger partial charge in [0.2, 0.25) is 0 Å². The number of morpholine rings is 1. The third kappa shape index (κ3) is 6.61. The van der Waals surface area contributed by atoms with Crippen LogP contribution in [0.3, 0.4) is 0 Å². The van der Waals surface area contributed by atoms with Crippen LogP contribution in [0.4, 0.5) is 24.9 Å². The molecule has 13 heteroatoms. The number of halogens is 3. The van der Waals surface area contributed by atoms with Gasteiger partial charge in [-0.3, -0.25) is 9.69 Å². The monoisotopic (exact) mass is 494 g/mol. The highest BCUT2D eigenvalue weighted by atomic mass is 19.4. The van der Waals surface area contributed by atoms with Crippen LogP contribution in [-0.2, 0) is 14.4 Å². The van der Waals surface area contributed by atoms with E-state index in [0.717, 1.165) is 32.8 Å². The fraction of sp³-hybridized carbons (Fsp3) is 0.318. The Morgan fingerprint density at radius 2 is 1.91 bits per heavy atom. The number of oxazole rings is 1. The fourth-order valence-corrected chi connectivity index (χ4v) is 3.24. The van der Waals surface area contributed by atoms with Gasteiger partial charge in [-0.15, -0.1) is 0 Å². The first-order valence-electron chi connectivity index (χ1n) is 10.6. The molecule has 1 amide bonds. The van der Waals surface area contributed by atoms with Crippen molar-refractivity contribution in [1.82, 2.24) is 15.4 Å². The lowest BCUT2D eigenvalue weighted by molar-refractivity contribution is -0.204. The number of ether oxygens (including phenoxy) is 2. The summed E-state index contributed by atoms with van der Waals surface area (Å²) in [5.41, 5.74) is 2.62. The van der Waals surface area contributed by atoms with Gasteiger partial charge in [0.1, 0.15) is 17.9 Å². The van der Waals surface area contributed by atoms with Gasteiger partial charge in [0.25, 0.3) is 11.9 Å². The van der Waals surface area contributed by atoms with Crippen LogP contribution in [0.2, 0.25) is 0 Å². The Morgan fingerprint density at radius 3 is 2.69 bits per heavy atom. The van der Waals surface area contributed by atoms with Crippen LogP contribution in [0, 0.1) is 0 Å².